The topological polar surface area (TPSA) is 71.0 Å². The molecule has 0 aliphatic carbocycles. The number of rotatable bonds is 8. The average Bonchev–Trinajstić information content (AvgIpc) is 3.10. The van der Waals surface area contributed by atoms with Crippen molar-refractivity contribution in [3.05, 3.63) is 47.8 Å². The van der Waals surface area contributed by atoms with Gasteiger partial charge in [-0.2, -0.15) is 5.10 Å². The molecule has 3 N–H and O–H groups in total. The molecule has 0 saturated carbocycles. The van der Waals surface area contributed by atoms with Crippen LogP contribution in [0.5, 0.6) is 0 Å². The quantitative estimate of drug-likeness (QED) is 0.367. The van der Waals surface area contributed by atoms with Crippen molar-refractivity contribution in [3.8, 4) is 5.69 Å². The number of nitrogens with one attached hydrogen (secondary N) is 3. The first-order valence-corrected chi connectivity index (χ1v) is 9.87. The Labute approximate surface area is 166 Å². The van der Waals surface area contributed by atoms with E-state index in [2.05, 4.69) is 35.1 Å². The number of nitrogens with zero attached hydrogens (tertiary/aromatic N) is 2. The SMILES string of the molecule is CCCCC[C@H](C)CNC(=S)NNC(=O)c1ccc(-n2nccc2C)cc1. The van der Waals surface area contributed by atoms with E-state index in [0.717, 1.165) is 17.9 Å². The first-order chi connectivity index (χ1) is 13.0. The molecule has 1 atom stereocenters. The van der Waals surface area contributed by atoms with E-state index >= 15 is 0 Å². The van der Waals surface area contributed by atoms with Crippen molar-refractivity contribution in [1.29, 1.82) is 0 Å². The van der Waals surface area contributed by atoms with Crippen molar-refractivity contribution < 1.29 is 4.79 Å². The monoisotopic (exact) mass is 387 g/mol. The fraction of sp³-hybridized carbons (Fsp3) is 0.450. The molecule has 0 aliphatic rings. The van der Waals surface area contributed by atoms with E-state index in [1.807, 2.05) is 29.8 Å². The van der Waals surface area contributed by atoms with Crippen LogP contribution in [-0.2, 0) is 0 Å². The highest BCUT2D eigenvalue weighted by Crippen LogP contribution is 2.11. The van der Waals surface area contributed by atoms with Crippen molar-refractivity contribution >= 4 is 23.2 Å². The van der Waals surface area contributed by atoms with Gasteiger partial charge in [0, 0.05) is 24.0 Å². The van der Waals surface area contributed by atoms with E-state index in [-0.39, 0.29) is 5.91 Å². The molecule has 6 nitrogen and oxygen atoms in total. The Bertz CT molecular complexity index is 741. The number of amides is 1. The lowest BCUT2D eigenvalue weighted by Gasteiger charge is -2.15. The van der Waals surface area contributed by atoms with Crippen LogP contribution >= 0.6 is 12.2 Å². The van der Waals surface area contributed by atoms with Crippen LogP contribution in [0.25, 0.3) is 5.69 Å². The van der Waals surface area contributed by atoms with Crippen molar-refractivity contribution in [2.45, 2.75) is 46.5 Å². The molecule has 1 heterocycles. The van der Waals surface area contributed by atoms with Gasteiger partial charge >= 0.3 is 0 Å². The Morgan fingerprint density at radius 1 is 1.19 bits per heavy atom. The number of thiocarbonyl (C=S) groups is 1. The minimum atomic E-state index is -0.237. The zero-order chi connectivity index (χ0) is 19.6. The summed E-state index contributed by atoms with van der Waals surface area (Å²) in [6.45, 7) is 7.18. The summed E-state index contributed by atoms with van der Waals surface area (Å²) in [6, 6.07) is 9.19. The van der Waals surface area contributed by atoms with Gasteiger partial charge in [-0.1, -0.05) is 33.1 Å². The average molecular weight is 388 g/mol. The van der Waals surface area contributed by atoms with Crippen LogP contribution < -0.4 is 16.2 Å². The molecule has 7 heteroatoms. The Balaban J connectivity index is 1.75. The number of carbonyl (C=O) groups is 1. The largest absolute Gasteiger partial charge is 0.361 e. The third-order valence-corrected chi connectivity index (χ3v) is 4.65. The fourth-order valence-corrected chi connectivity index (χ4v) is 2.87. The van der Waals surface area contributed by atoms with Gasteiger partial charge in [0.1, 0.15) is 0 Å². The van der Waals surface area contributed by atoms with Gasteiger partial charge in [0.15, 0.2) is 5.11 Å². The first kappa shape index (κ1) is 20.9. The summed E-state index contributed by atoms with van der Waals surface area (Å²) in [7, 11) is 0. The molecule has 146 valence electrons. The number of aryl methyl sites for hydroxylation is 1. The summed E-state index contributed by atoms with van der Waals surface area (Å²) in [5, 5.41) is 7.83. The summed E-state index contributed by atoms with van der Waals surface area (Å²) in [5.74, 6) is 0.309. The molecular formula is C20H29N5OS. The number of aromatic nitrogens is 2. The second kappa shape index (κ2) is 10.7. The highest BCUT2D eigenvalue weighted by molar-refractivity contribution is 7.80. The van der Waals surface area contributed by atoms with Gasteiger partial charge in [-0.25, -0.2) is 4.68 Å². The van der Waals surface area contributed by atoms with Crippen molar-refractivity contribution in [3.63, 3.8) is 0 Å². The van der Waals surface area contributed by atoms with Gasteiger partial charge in [-0.3, -0.25) is 15.6 Å². The summed E-state index contributed by atoms with van der Waals surface area (Å²) >= 11 is 5.22. The van der Waals surface area contributed by atoms with E-state index in [0.29, 0.717) is 16.6 Å². The lowest BCUT2D eigenvalue weighted by atomic mass is 10.0. The van der Waals surface area contributed by atoms with Crippen LogP contribution in [0.4, 0.5) is 0 Å². The van der Waals surface area contributed by atoms with Crippen LogP contribution in [0.3, 0.4) is 0 Å². The van der Waals surface area contributed by atoms with Crippen molar-refractivity contribution in [2.75, 3.05) is 6.54 Å². The van der Waals surface area contributed by atoms with E-state index < -0.39 is 0 Å². The van der Waals surface area contributed by atoms with Crippen LogP contribution in [0.1, 0.15) is 55.6 Å². The molecule has 1 aromatic carbocycles. The fourth-order valence-electron chi connectivity index (χ4n) is 2.74. The summed E-state index contributed by atoms with van der Waals surface area (Å²) in [6.07, 6.45) is 6.66. The summed E-state index contributed by atoms with van der Waals surface area (Å²) < 4.78 is 1.82. The number of hydrogen-bond acceptors (Lipinski definition) is 3. The third kappa shape index (κ3) is 6.67. The Morgan fingerprint density at radius 3 is 2.56 bits per heavy atom. The first-order valence-electron chi connectivity index (χ1n) is 9.46. The highest BCUT2D eigenvalue weighted by Gasteiger charge is 2.08. The second-order valence-electron chi connectivity index (χ2n) is 6.82. The molecule has 0 unspecified atom stereocenters. The van der Waals surface area contributed by atoms with Gasteiger partial charge in [-0.15, -0.1) is 0 Å². The predicted octanol–water partition coefficient (Wildman–Crippen LogP) is 3.51. The lowest BCUT2D eigenvalue weighted by molar-refractivity contribution is 0.0943. The van der Waals surface area contributed by atoms with Gasteiger partial charge in [0.2, 0.25) is 0 Å². The van der Waals surface area contributed by atoms with E-state index in [1.165, 1.54) is 25.7 Å². The van der Waals surface area contributed by atoms with Gasteiger partial charge in [-0.05, 0) is 61.8 Å². The number of carbonyl (C=O) groups excluding carboxylic acids is 1. The van der Waals surface area contributed by atoms with Crippen molar-refractivity contribution in [1.82, 2.24) is 25.9 Å². The summed E-state index contributed by atoms with van der Waals surface area (Å²) in [4.78, 5) is 12.2. The van der Waals surface area contributed by atoms with E-state index in [9.17, 15) is 4.79 Å². The second-order valence-corrected chi connectivity index (χ2v) is 7.23. The zero-order valence-electron chi connectivity index (χ0n) is 16.3. The normalized spacial score (nSPS) is 11.7. The molecule has 1 amide bonds. The predicted molar refractivity (Wildman–Crippen MR) is 113 cm³/mol. The number of unbranched alkanes of at least 4 members (excludes halogenated alkanes) is 2. The molecule has 2 rings (SSSR count). The molecule has 0 fully saturated rings. The number of hydrogen-bond donors (Lipinski definition) is 3. The maximum absolute atomic E-state index is 12.2. The van der Waals surface area contributed by atoms with Crippen LogP contribution in [-0.4, -0.2) is 27.3 Å². The molecular weight excluding hydrogens is 358 g/mol. The standard InChI is InChI=1S/C20H29N5OS/c1-4-5-6-7-15(2)14-21-20(27)24-23-19(26)17-8-10-18(11-9-17)25-16(3)12-13-22-25/h8-13,15H,4-7,14H2,1-3H3,(H,23,26)(H2,21,24,27)/t15-/m0/s1. The summed E-state index contributed by atoms with van der Waals surface area (Å²) in [5.41, 5.74) is 7.88. The molecule has 2 aromatic rings. The Hall–Kier alpha value is -2.41. The molecule has 27 heavy (non-hydrogen) atoms. The van der Waals surface area contributed by atoms with E-state index in [4.69, 9.17) is 12.2 Å². The van der Waals surface area contributed by atoms with Gasteiger partial charge in [0.25, 0.3) is 5.91 Å². The lowest BCUT2D eigenvalue weighted by Crippen LogP contribution is -2.47. The number of hydrazine groups is 1. The number of benzene rings is 1. The van der Waals surface area contributed by atoms with Gasteiger partial charge in [0.05, 0.1) is 5.69 Å². The molecule has 1 aromatic heterocycles. The zero-order valence-corrected chi connectivity index (χ0v) is 17.1. The van der Waals surface area contributed by atoms with Crippen LogP contribution in [0.15, 0.2) is 36.5 Å². The van der Waals surface area contributed by atoms with Crippen LogP contribution in [0, 0.1) is 12.8 Å². The Morgan fingerprint density at radius 2 is 1.93 bits per heavy atom. The minimum absolute atomic E-state index is 0.237. The molecule has 0 bridgehead atoms. The third-order valence-electron chi connectivity index (χ3n) is 4.41. The van der Waals surface area contributed by atoms with E-state index in [1.54, 1.807) is 18.3 Å². The maximum Gasteiger partial charge on any atom is 0.269 e. The smallest absolute Gasteiger partial charge is 0.269 e. The molecule has 0 aliphatic heterocycles. The van der Waals surface area contributed by atoms with Gasteiger partial charge < -0.3 is 5.32 Å². The molecule has 0 saturated heterocycles. The Kier molecular flexibility index (Phi) is 8.26. The van der Waals surface area contributed by atoms with Crippen molar-refractivity contribution in [2.24, 2.45) is 5.92 Å². The molecule has 0 spiro atoms. The highest BCUT2D eigenvalue weighted by atomic mass is 32.1. The molecule has 0 radical (unpaired) electrons. The maximum atomic E-state index is 12.2. The minimum Gasteiger partial charge on any atom is -0.361 e. The van der Waals surface area contributed by atoms with Crippen LogP contribution in [0.2, 0.25) is 0 Å².